The minimum absolute atomic E-state index is 0. The predicted octanol–water partition coefficient (Wildman–Crippen LogP) is 0.208. The lowest BCUT2D eigenvalue weighted by Gasteiger charge is -2.23. The number of hydrogen-bond acceptors (Lipinski definition) is 2. The molecule has 13 heavy (non-hydrogen) atoms. The summed E-state index contributed by atoms with van der Waals surface area (Å²) in [5.41, 5.74) is 0. The lowest BCUT2D eigenvalue weighted by Crippen LogP contribution is -2.37. The van der Waals surface area contributed by atoms with Crippen LogP contribution in [0.15, 0.2) is 12.7 Å². The normalized spacial score (nSPS) is 10.1. The van der Waals surface area contributed by atoms with Gasteiger partial charge in [0.2, 0.25) is 5.91 Å². The first-order valence-electron chi connectivity index (χ1n) is 4.16. The highest BCUT2D eigenvalue weighted by molar-refractivity contribution is 5.86. The summed E-state index contributed by atoms with van der Waals surface area (Å²) in [7, 11) is 6.40. The van der Waals surface area contributed by atoms with E-state index in [1.807, 2.05) is 0 Å². The van der Waals surface area contributed by atoms with Gasteiger partial charge < -0.3 is 15.3 Å². The Bertz CT molecular complexity index is 161. The van der Waals surface area contributed by atoms with Gasteiger partial charge in [0, 0.05) is 13.0 Å². The van der Waals surface area contributed by atoms with E-state index < -0.39 is 0 Å². The maximum Gasteiger partial charge on any atom is 0.243 e. The number of amides is 1. The zero-order chi connectivity index (χ0) is 9.61. The van der Waals surface area contributed by atoms with Gasteiger partial charge in [-0.3, -0.25) is 4.79 Å². The minimum atomic E-state index is -0.0867. The van der Waals surface area contributed by atoms with E-state index in [0.717, 1.165) is 24.0 Å². The van der Waals surface area contributed by atoms with Crippen LogP contribution in [0.1, 0.15) is 6.42 Å². The molecule has 0 spiro atoms. The topological polar surface area (TPSA) is 59.1 Å². The van der Waals surface area contributed by atoms with Crippen LogP contribution in [0.3, 0.4) is 0 Å². The Balaban J connectivity index is 0. The quantitative estimate of drug-likeness (QED) is 0.381. The third-order valence-electron chi connectivity index (χ3n) is 1.49. The Morgan fingerprint density at radius 1 is 1.46 bits per heavy atom. The van der Waals surface area contributed by atoms with Crippen LogP contribution in [0.5, 0.6) is 0 Å². The van der Waals surface area contributed by atoms with E-state index in [0.29, 0.717) is 0 Å². The number of rotatable bonds is 5. The molecule has 0 rings (SSSR count). The molecule has 0 aromatic heterocycles. The first-order chi connectivity index (χ1) is 5.45. The lowest BCUT2D eigenvalue weighted by atomic mass is 10.3. The number of hydrogen-bond donors (Lipinski definition) is 1. The van der Waals surface area contributed by atoms with Gasteiger partial charge in [0.25, 0.3) is 0 Å². The molecular weight excluding hydrogens is 168 g/mol. The molecule has 0 radical (unpaired) electrons. The molecule has 0 aromatic carbocycles. The molecule has 4 nitrogen and oxygen atoms in total. The molecule has 0 heterocycles. The molecule has 0 saturated carbocycles. The molecule has 0 unspecified atom stereocenters. The summed E-state index contributed by atoms with van der Waals surface area (Å²) in [5, 5.41) is 2.74. The van der Waals surface area contributed by atoms with Crippen molar-refractivity contribution in [3.05, 3.63) is 12.7 Å². The van der Waals surface area contributed by atoms with E-state index in [1.54, 1.807) is 0 Å². The molecule has 0 fully saturated rings. The third-order valence-corrected chi connectivity index (χ3v) is 1.49. The number of quaternary nitrogens is 1. The van der Waals surface area contributed by atoms with Crippen LogP contribution in [-0.4, -0.2) is 50.1 Å². The molecule has 0 aliphatic carbocycles. The number of carbonyl (C=O) groups excluding carboxylic acids is 1. The van der Waals surface area contributed by atoms with Gasteiger partial charge in [0.1, 0.15) is 0 Å². The summed E-state index contributed by atoms with van der Waals surface area (Å²) in [6.07, 6.45) is 2.30. The summed E-state index contributed by atoms with van der Waals surface area (Å²) < 4.78 is 0.934. The van der Waals surface area contributed by atoms with E-state index in [2.05, 4.69) is 33.0 Å². The second kappa shape index (κ2) is 6.62. The van der Waals surface area contributed by atoms with Gasteiger partial charge in [0.05, 0.1) is 27.7 Å². The van der Waals surface area contributed by atoms with Crippen LogP contribution in [0, 0.1) is 0 Å². The standard InChI is InChI=1S/C9H18N2O.H2O/c1-5-9(12)10-7-6-8-11(2,3)4;/h5H,1,6-8H2,2-4H3;1H2. The van der Waals surface area contributed by atoms with Crippen molar-refractivity contribution in [2.75, 3.05) is 34.2 Å². The third kappa shape index (κ3) is 11.1. The first kappa shape index (κ1) is 14.6. The molecule has 0 atom stereocenters. The monoisotopic (exact) mass is 188 g/mol. The van der Waals surface area contributed by atoms with Crippen LogP contribution in [0.4, 0.5) is 0 Å². The SMILES string of the molecule is C=CC(=O)NCCC[N+](C)(C)C.[OH-]. The highest BCUT2D eigenvalue weighted by Gasteiger charge is 2.05. The Kier molecular flexibility index (Phi) is 7.46. The van der Waals surface area contributed by atoms with Gasteiger partial charge in [-0.2, -0.15) is 0 Å². The second-order valence-electron chi connectivity index (χ2n) is 3.86. The molecule has 0 aromatic rings. The van der Waals surface area contributed by atoms with Gasteiger partial charge in [0.15, 0.2) is 0 Å². The number of nitrogens with one attached hydrogen (secondary N) is 1. The predicted molar refractivity (Wildman–Crippen MR) is 52.7 cm³/mol. The summed E-state index contributed by atoms with van der Waals surface area (Å²) in [6, 6.07) is 0. The van der Waals surface area contributed by atoms with Gasteiger partial charge in [-0.1, -0.05) is 6.58 Å². The van der Waals surface area contributed by atoms with E-state index in [1.165, 1.54) is 6.08 Å². The van der Waals surface area contributed by atoms with Crippen LogP contribution in [-0.2, 0) is 4.79 Å². The average Bonchev–Trinajstić information content (AvgIpc) is 1.96. The highest BCUT2D eigenvalue weighted by atomic mass is 16.1. The molecule has 1 amide bonds. The van der Waals surface area contributed by atoms with E-state index in [4.69, 9.17) is 0 Å². The maximum atomic E-state index is 10.7. The minimum Gasteiger partial charge on any atom is -0.870 e. The smallest absolute Gasteiger partial charge is 0.243 e. The zero-order valence-electron chi connectivity index (χ0n) is 8.71. The van der Waals surface area contributed by atoms with E-state index in [-0.39, 0.29) is 11.4 Å². The Hall–Kier alpha value is -0.870. The van der Waals surface area contributed by atoms with Crippen molar-refractivity contribution < 1.29 is 14.8 Å². The number of nitrogens with zero attached hydrogens (tertiary/aromatic N) is 1. The summed E-state index contributed by atoms with van der Waals surface area (Å²) in [6.45, 7) is 5.18. The van der Waals surface area contributed by atoms with Crippen LogP contribution in [0.25, 0.3) is 0 Å². The van der Waals surface area contributed by atoms with Gasteiger partial charge in [-0.05, 0) is 6.08 Å². The summed E-state index contributed by atoms with van der Waals surface area (Å²) in [4.78, 5) is 10.7. The summed E-state index contributed by atoms with van der Waals surface area (Å²) in [5.74, 6) is -0.0867. The zero-order valence-corrected chi connectivity index (χ0v) is 8.71. The first-order valence-corrected chi connectivity index (χ1v) is 4.16. The van der Waals surface area contributed by atoms with Gasteiger partial charge in [-0.25, -0.2) is 0 Å². The van der Waals surface area contributed by atoms with Gasteiger partial charge >= 0.3 is 0 Å². The fourth-order valence-electron chi connectivity index (χ4n) is 0.837. The van der Waals surface area contributed by atoms with E-state index >= 15 is 0 Å². The molecular formula is C9H20N2O2. The molecule has 0 saturated heterocycles. The molecule has 78 valence electrons. The Labute approximate surface area is 80.1 Å². The number of carbonyl (C=O) groups is 1. The Morgan fingerprint density at radius 3 is 2.38 bits per heavy atom. The molecule has 2 N–H and O–H groups in total. The Morgan fingerprint density at radius 2 is 2.00 bits per heavy atom. The fourth-order valence-corrected chi connectivity index (χ4v) is 0.837. The van der Waals surface area contributed by atoms with E-state index in [9.17, 15) is 4.79 Å². The van der Waals surface area contributed by atoms with Gasteiger partial charge in [-0.15, -0.1) is 0 Å². The van der Waals surface area contributed by atoms with Crippen molar-refractivity contribution in [1.82, 2.24) is 5.32 Å². The van der Waals surface area contributed by atoms with Crippen LogP contribution in [0.2, 0.25) is 0 Å². The summed E-state index contributed by atoms with van der Waals surface area (Å²) >= 11 is 0. The second-order valence-corrected chi connectivity index (χ2v) is 3.86. The largest absolute Gasteiger partial charge is 0.870 e. The van der Waals surface area contributed by atoms with Crippen molar-refractivity contribution in [2.24, 2.45) is 0 Å². The van der Waals surface area contributed by atoms with Crippen molar-refractivity contribution >= 4 is 5.91 Å². The lowest BCUT2D eigenvalue weighted by molar-refractivity contribution is -0.870. The molecule has 0 bridgehead atoms. The van der Waals surface area contributed by atoms with Crippen molar-refractivity contribution in [1.29, 1.82) is 0 Å². The molecule has 4 heteroatoms. The fraction of sp³-hybridized carbons (Fsp3) is 0.667. The van der Waals surface area contributed by atoms with Crippen molar-refractivity contribution in [2.45, 2.75) is 6.42 Å². The average molecular weight is 188 g/mol. The molecule has 0 aliphatic rings. The van der Waals surface area contributed by atoms with Crippen molar-refractivity contribution in [3.8, 4) is 0 Å². The maximum absolute atomic E-state index is 10.7. The highest BCUT2D eigenvalue weighted by Crippen LogP contribution is 1.91. The van der Waals surface area contributed by atoms with Crippen molar-refractivity contribution in [3.63, 3.8) is 0 Å². The van der Waals surface area contributed by atoms with Crippen LogP contribution < -0.4 is 5.32 Å². The molecule has 0 aliphatic heterocycles. The van der Waals surface area contributed by atoms with Crippen LogP contribution >= 0.6 is 0 Å².